The fourth-order valence-corrected chi connectivity index (χ4v) is 4.86. The smallest absolute Gasteiger partial charge is 0.416 e. The summed E-state index contributed by atoms with van der Waals surface area (Å²) in [6, 6.07) is 12.3. The van der Waals surface area contributed by atoms with Gasteiger partial charge in [0.25, 0.3) is 5.91 Å². The number of cyclic esters (lactones) is 1. The van der Waals surface area contributed by atoms with E-state index in [1.807, 2.05) is 0 Å². The summed E-state index contributed by atoms with van der Waals surface area (Å²) >= 11 is 0. The molecule has 3 aromatic carbocycles. The molecule has 0 spiro atoms. The van der Waals surface area contributed by atoms with Gasteiger partial charge in [-0.2, -0.15) is 13.2 Å². The van der Waals surface area contributed by atoms with Crippen molar-refractivity contribution in [3.63, 3.8) is 0 Å². The van der Waals surface area contributed by atoms with Gasteiger partial charge in [0.1, 0.15) is 18.2 Å². The highest BCUT2D eigenvalue weighted by Gasteiger charge is 2.54. The lowest BCUT2D eigenvalue weighted by Gasteiger charge is -2.28. The average Bonchev–Trinajstić information content (AvgIpc) is 3.61. The van der Waals surface area contributed by atoms with Gasteiger partial charge in [-0.15, -0.1) is 0 Å². The highest BCUT2D eigenvalue weighted by Crippen LogP contribution is 2.55. The number of ether oxygens (including phenoxy) is 2. The Hall–Kier alpha value is -4.69. The van der Waals surface area contributed by atoms with E-state index in [0.29, 0.717) is 28.8 Å². The zero-order chi connectivity index (χ0) is 30.3. The number of esters is 2. The van der Waals surface area contributed by atoms with Crippen LogP contribution < -0.4 is 10.1 Å². The van der Waals surface area contributed by atoms with E-state index in [9.17, 15) is 37.1 Å². The van der Waals surface area contributed by atoms with Crippen LogP contribution in [0.1, 0.15) is 58.8 Å². The lowest BCUT2D eigenvalue weighted by atomic mass is 9.81. The summed E-state index contributed by atoms with van der Waals surface area (Å²) in [5, 5.41) is 14.2. The largest absolute Gasteiger partial charge is 0.457 e. The van der Waals surface area contributed by atoms with Gasteiger partial charge in [-0.1, -0.05) is 11.8 Å². The predicted octanol–water partition coefficient (Wildman–Crippen LogP) is 5.28. The summed E-state index contributed by atoms with van der Waals surface area (Å²) in [4.78, 5) is 36.5. The van der Waals surface area contributed by atoms with Crippen molar-refractivity contribution in [2.45, 2.75) is 50.0 Å². The van der Waals surface area contributed by atoms with Crippen LogP contribution in [0.25, 0.3) is 0 Å². The van der Waals surface area contributed by atoms with E-state index < -0.39 is 52.8 Å². The van der Waals surface area contributed by atoms with Crippen LogP contribution in [-0.2, 0) is 32.5 Å². The van der Waals surface area contributed by atoms with Gasteiger partial charge in [-0.3, -0.25) is 9.59 Å². The molecule has 1 aliphatic heterocycles. The number of fused-ring (bicyclic) bond motifs is 1. The summed E-state index contributed by atoms with van der Waals surface area (Å²) < 4.78 is 65.1. The van der Waals surface area contributed by atoms with Crippen LogP contribution in [0.5, 0.6) is 5.75 Å². The van der Waals surface area contributed by atoms with Gasteiger partial charge in [-0.25, -0.2) is 9.18 Å². The first-order valence-electron chi connectivity index (χ1n) is 12.8. The Labute approximate surface area is 237 Å². The zero-order valence-corrected chi connectivity index (χ0v) is 22.1. The summed E-state index contributed by atoms with van der Waals surface area (Å²) in [6.45, 7) is 1.24. The van der Waals surface area contributed by atoms with Crippen LogP contribution in [0, 0.1) is 17.7 Å². The van der Waals surface area contributed by atoms with Gasteiger partial charge in [0, 0.05) is 35.6 Å². The molecule has 3 aromatic rings. The molecule has 1 unspecified atom stereocenters. The maximum atomic E-state index is 14.9. The van der Waals surface area contributed by atoms with Crippen molar-refractivity contribution in [1.82, 2.24) is 0 Å². The van der Waals surface area contributed by atoms with E-state index in [2.05, 4.69) is 17.2 Å². The minimum atomic E-state index is -4.72. The Balaban J connectivity index is 1.49. The standard InChI is InChI=1S/C31H23F4NO6/c1-18(37)42-23-6-2-19(3-7-23)10-11-30(40,28(39)36-22-5-8-24-20(14-22)16-41-27(24)38)17-29(12-13-29)25-15-21(31(33,34)35)4-9-26(25)32/h2-9,14-15,40H,12-13,16-17H2,1H3,(H,36,39). The van der Waals surface area contributed by atoms with E-state index >= 15 is 0 Å². The quantitative estimate of drug-likeness (QED) is 0.178. The molecule has 1 amide bonds. The second kappa shape index (κ2) is 10.6. The second-order valence-corrected chi connectivity index (χ2v) is 10.3. The number of hydrogen-bond acceptors (Lipinski definition) is 6. The fourth-order valence-electron chi connectivity index (χ4n) is 4.86. The number of rotatable bonds is 6. The number of alkyl halides is 3. The molecule has 0 saturated heterocycles. The number of nitrogens with one attached hydrogen (secondary N) is 1. The number of anilines is 1. The highest BCUT2D eigenvalue weighted by molar-refractivity contribution is 6.01. The second-order valence-electron chi connectivity index (χ2n) is 10.3. The zero-order valence-electron chi connectivity index (χ0n) is 22.1. The van der Waals surface area contributed by atoms with E-state index in [4.69, 9.17) is 9.47 Å². The SMILES string of the molecule is CC(=O)Oc1ccc(C#CC(O)(CC2(c3cc(C(F)(F)F)ccc3F)CC2)C(=O)Nc2ccc3c(c2)COC3=O)cc1. The first-order valence-corrected chi connectivity index (χ1v) is 12.8. The third-order valence-corrected chi connectivity index (χ3v) is 7.16. The Morgan fingerprint density at radius 3 is 2.43 bits per heavy atom. The van der Waals surface area contributed by atoms with Crippen molar-refractivity contribution in [3.8, 4) is 17.6 Å². The third-order valence-electron chi connectivity index (χ3n) is 7.16. The normalized spacial score (nSPS) is 16.3. The lowest BCUT2D eigenvalue weighted by molar-refractivity contribution is -0.138. The molecule has 1 saturated carbocycles. The van der Waals surface area contributed by atoms with E-state index in [1.165, 1.54) is 49.4 Å². The summed E-state index contributed by atoms with van der Waals surface area (Å²) in [6.07, 6.45) is -4.77. The molecule has 1 atom stereocenters. The molecule has 1 fully saturated rings. The molecule has 2 N–H and O–H groups in total. The Bertz CT molecular complexity index is 1650. The Kier molecular flexibility index (Phi) is 7.28. The van der Waals surface area contributed by atoms with Crippen molar-refractivity contribution < 1.29 is 46.5 Å². The maximum absolute atomic E-state index is 14.9. The molecule has 11 heteroatoms. The predicted molar refractivity (Wildman–Crippen MR) is 141 cm³/mol. The number of aliphatic hydroxyl groups is 1. The average molecular weight is 582 g/mol. The molecule has 0 bridgehead atoms. The van der Waals surface area contributed by atoms with Crippen LogP contribution in [0.3, 0.4) is 0 Å². The molecular weight excluding hydrogens is 558 g/mol. The van der Waals surface area contributed by atoms with Crippen LogP contribution in [0.2, 0.25) is 0 Å². The van der Waals surface area contributed by atoms with Crippen molar-refractivity contribution in [2.75, 3.05) is 5.32 Å². The molecule has 1 heterocycles. The van der Waals surface area contributed by atoms with Gasteiger partial charge in [-0.05, 0) is 79.1 Å². The lowest BCUT2D eigenvalue weighted by Crippen LogP contribution is -2.44. The number of halogens is 4. The number of carbonyl (C=O) groups excluding carboxylic acids is 3. The first kappa shape index (κ1) is 28.8. The number of benzene rings is 3. The van der Waals surface area contributed by atoms with E-state index in [-0.39, 0.29) is 36.4 Å². The molecule has 7 nitrogen and oxygen atoms in total. The number of amides is 1. The Morgan fingerprint density at radius 1 is 1.07 bits per heavy atom. The van der Waals surface area contributed by atoms with Gasteiger partial charge >= 0.3 is 18.1 Å². The van der Waals surface area contributed by atoms with Gasteiger partial charge < -0.3 is 19.9 Å². The van der Waals surface area contributed by atoms with E-state index in [0.717, 1.165) is 6.07 Å². The van der Waals surface area contributed by atoms with Crippen LogP contribution >= 0.6 is 0 Å². The summed E-state index contributed by atoms with van der Waals surface area (Å²) in [5.41, 5.74) is -3.65. The van der Waals surface area contributed by atoms with Gasteiger partial charge in [0.05, 0.1) is 11.1 Å². The van der Waals surface area contributed by atoms with Crippen molar-refractivity contribution in [2.24, 2.45) is 0 Å². The van der Waals surface area contributed by atoms with Gasteiger partial charge in [0.15, 0.2) is 0 Å². The van der Waals surface area contributed by atoms with E-state index in [1.54, 1.807) is 0 Å². The molecule has 42 heavy (non-hydrogen) atoms. The van der Waals surface area contributed by atoms with Crippen LogP contribution in [0.4, 0.5) is 23.2 Å². The minimum absolute atomic E-state index is 0.00320. The summed E-state index contributed by atoms with van der Waals surface area (Å²) in [5.74, 6) is 2.57. The topological polar surface area (TPSA) is 102 Å². The summed E-state index contributed by atoms with van der Waals surface area (Å²) in [7, 11) is 0. The van der Waals surface area contributed by atoms with Crippen LogP contribution in [0.15, 0.2) is 60.7 Å². The minimum Gasteiger partial charge on any atom is -0.457 e. The Morgan fingerprint density at radius 2 is 1.79 bits per heavy atom. The fraction of sp³-hybridized carbons (Fsp3) is 0.258. The molecule has 0 aromatic heterocycles. The molecule has 5 rings (SSSR count). The van der Waals surface area contributed by atoms with Gasteiger partial charge in [0.2, 0.25) is 5.60 Å². The number of carbonyl (C=O) groups is 3. The van der Waals surface area contributed by atoms with Crippen molar-refractivity contribution >= 4 is 23.5 Å². The molecule has 216 valence electrons. The monoisotopic (exact) mass is 581 g/mol. The first-order chi connectivity index (χ1) is 19.8. The number of hydrogen-bond donors (Lipinski definition) is 2. The molecule has 1 aliphatic carbocycles. The van der Waals surface area contributed by atoms with Crippen molar-refractivity contribution in [3.05, 3.63) is 94.3 Å². The van der Waals surface area contributed by atoms with Crippen LogP contribution in [-0.4, -0.2) is 28.6 Å². The van der Waals surface area contributed by atoms with Crippen molar-refractivity contribution in [1.29, 1.82) is 0 Å². The highest BCUT2D eigenvalue weighted by atomic mass is 19.4. The molecular formula is C31H23F4NO6. The molecule has 2 aliphatic rings. The third kappa shape index (κ3) is 5.99. The maximum Gasteiger partial charge on any atom is 0.416 e. The molecule has 0 radical (unpaired) electrons.